The molecule has 0 bridgehead atoms. The van der Waals surface area contributed by atoms with E-state index in [0.29, 0.717) is 18.7 Å². The zero-order valence-electron chi connectivity index (χ0n) is 15.6. The first-order valence-electron chi connectivity index (χ1n) is 8.62. The fourth-order valence-corrected chi connectivity index (χ4v) is 3.29. The Labute approximate surface area is 159 Å². The molecule has 0 N–H and O–H groups in total. The van der Waals surface area contributed by atoms with Gasteiger partial charge in [0.15, 0.2) is 9.84 Å². The summed E-state index contributed by atoms with van der Waals surface area (Å²) in [5.74, 6) is -1.08. The summed E-state index contributed by atoms with van der Waals surface area (Å²) >= 11 is 0. The van der Waals surface area contributed by atoms with Crippen molar-refractivity contribution in [3.05, 3.63) is 65.7 Å². The van der Waals surface area contributed by atoms with Crippen molar-refractivity contribution in [3.63, 3.8) is 0 Å². The Morgan fingerprint density at radius 1 is 1.00 bits per heavy atom. The average Bonchev–Trinajstić information content (AvgIpc) is 2.67. The number of ether oxygens (including phenoxy) is 1. The minimum atomic E-state index is -3.46. The highest BCUT2D eigenvalue weighted by Gasteiger charge is 2.29. The number of benzene rings is 2. The van der Waals surface area contributed by atoms with Gasteiger partial charge >= 0.3 is 5.97 Å². The van der Waals surface area contributed by atoms with Crippen molar-refractivity contribution < 1.29 is 22.7 Å². The lowest BCUT2D eigenvalue weighted by atomic mass is 10.1. The average molecular weight is 389 g/mol. The van der Waals surface area contributed by atoms with Crippen molar-refractivity contribution in [3.8, 4) is 0 Å². The van der Waals surface area contributed by atoms with Gasteiger partial charge in [-0.2, -0.15) is 0 Å². The normalized spacial score (nSPS) is 12.3. The van der Waals surface area contributed by atoms with Crippen LogP contribution in [0.3, 0.4) is 0 Å². The van der Waals surface area contributed by atoms with Crippen LogP contribution in [0.25, 0.3) is 0 Å². The van der Waals surface area contributed by atoms with Crippen LogP contribution in [-0.2, 0) is 19.4 Å². The second kappa shape index (κ2) is 8.81. The standard InChI is InChI=1S/C20H23NO5S/c1-4-21(5-2)19(22)18(15-10-7-6-8-11-15)26-20(23)16-12-9-13-17(14-16)27(3,24)25/h6-14,18H,4-5H2,1-3H3/t18-/m0/s1. The highest BCUT2D eigenvalue weighted by molar-refractivity contribution is 7.90. The zero-order valence-corrected chi connectivity index (χ0v) is 16.4. The van der Waals surface area contributed by atoms with Crippen molar-refractivity contribution in [2.45, 2.75) is 24.8 Å². The fourth-order valence-electron chi connectivity index (χ4n) is 2.62. The molecule has 2 aromatic rings. The molecule has 1 amide bonds. The lowest BCUT2D eigenvalue weighted by Gasteiger charge is -2.25. The van der Waals surface area contributed by atoms with Gasteiger partial charge in [0.25, 0.3) is 5.91 Å². The number of carbonyl (C=O) groups excluding carboxylic acids is 2. The Kier molecular flexibility index (Phi) is 6.74. The second-order valence-electron chi connectivity index (χ2n) is 6.01. The van der Waals surface area contributed by atoms with Crippen LogP contribution >= 0.6 is 0 Å². The van der Waals surface area contributed by atoms with E-state index in [2.05, 4.69) is 0 Å². The minimum Gasteiger partial charge on any atom is -0.444 e. The van der Waals surface area contributed by atoms with Gasteiger partial charge in [-0.25, -0.2) is 13.2 Å². The first-order chi connectivity index (χ1) is 12.8. The van der Waals surface area contributed by atoms with Crippen LogP contribution in [0.4, 0.5) is 0 Å². The van der Waals surface area contributed by atoms with Crippen LogP contribution in [0.15, 0.2) is 59.5 Å². The maximum absolute atomic E-state index is 12.9. The number of carbonyl (C=O) groups is 2. The molecule has 2 rings (SSSR count). The van der Waals surface area contributed by atoms with E-state index in [4.69, 9.17) is 4.74 Å². The van der Waals surface area contributed by atoms with Gasteiger partial charge in [0, 0.05) is 24.9 Å². The van der Waals surface area contributed by atoms with Crippen LogP contribution in [-0.4, -0.2) is 44.5 Å². The van der Waals surface area contributed by atoms with E-state index in [1.54, 1.807) is 35.2 Å². The summed E-state index contributed by atoms with van der Waals surface area (Å²) in [6, 6.07) is 14.3. The van der Waals surface area contributed by atoms with Gasteiger partial charge in [0.05, 0.1) is 10.5 Å². The van der Waals surface area contributed by atoms with Crippen molar-refractivity contribution in [2.24, 2.45) is 0 Å². The Bertz CT molecular complexity index is 905. The Morgan fingerprint density at radius 3 is 2.19 bits per heavy atom. The number of nitrogens with zero attached hydrogens (tertiary/aromatic N) is 1. The molecule has 0 fully saturated rings. The first-order valence-corrected chi connectivity index (χ1v) is 10.5. The molecule has 1 atom stereocenters. The van der Waals surface area contributed by atoms with Crippen molar-refractivity contribution in [2.75, 3.05) is 19.3 Å². The van der Waals surface area contributed by atoms with Gasteiger partial charge in [0.1, 0.15) is 0 Å². The summed E-state index contributed by atoms with van der Waals surface area (Å²) < 4.78 is 28.9. The molecule has 144 valence electrons. The molecule has 0 spiro atoms. The minimum absolute atomic E-state index is 0.0169. The number of amides is 1. The molecular formula is C20H23NO5S. The molecule has 0 aliphatic heterocycles. The van der Waals surface area contributed by atoms with E-state index in [1.807, 2.05) is 13.8 Å². The summed E-state index contributed by atoms with van der Waals surface area (Å²) in [5.41, 5.74) is 0.633. The lowest BCUT2D eigenvalue weighted by Crippen LogP contribution is -2.36. The van der Waals surface area contributed by atoms with Gasteiger partial charge in [-0.15, -0.1) is 0 Å². The van der Waals surface area contributed by atoms with E-state index < -0.39 is 21.9 Å². The maximum atomic E-state index is 12.9. The van der Waals surface area contributed by atoms with Crippen molar-refractivity contribution in [1.29, 1.82) is 0 Å². The molecule has 2 aromatic carbocycles. The van der Waals surface area contributed by atoms with Crippen LogP contribution in [0, 0.1) is 0 Å². The van der Waals surface area contributed by atoms with Crippen LogP contribution in [0.2, 0.25) is 0 Å². The molecule has 6 nitrogen and oxygen atoms in total. The van der Waals surface area contributed by atoms with Gasteiger partial charge in [-0.1, -0.05) is 36.4 Å². The largest absolute Gasteiger partial charge is 0.444 e. The highest BCUT2D eigenvalue weighted by Crippen LogP contribution is 2.23. The maximum Gasteiger partial charge on any atom is 0.339 e. The number of likely N-dealkylation sites (N-methyl/N-ethyl adjacent to an activating group) is 1. The topological polar surface area (TPSA) is 80.8 Å². The molecule has 0 saturated heterocycles. The third-order valence-corrected chi connectivity index (χ3v) is 5.23. The predicted molar refractivity (Wildman–Crippen MR) is 102 cm³/mol. The number of sulfone groups is 1. The van der Waals surface area contributed by atoms with Crippen LogP contribution < -0.4 is 0 Å². The van der Waals surface area contributed by atoms with E-state index in [9.17, 15) is 18.0 Å². The second-order valence-corrected chi connectivity index (χ2v) is 8.02. The molecule has 0 heterocycles. The smallest absolute Gasteiger partial charge is 0.339 e. The van der Waals surface area contributed by atoms with E-state index in [-0.39, 0.29) is 16.4 Å². The Balaban J connectivity index is 2.35. The summed E-state index contributed by atoms with van der Waals surface area (Å²) in [4.78, 5) is 27.1. The van der Waals surface area contributed by atoms with E-state index in [1.165, 1.54) is 24.3 Å². The molecule has 0 saturated carbocycles. The summed E-state index contributed by atoms with van der Waals surface area (Å²) in [6.07, 6.45) is -0.0332. The van der Waals surface area contributed by atoms with Crippen LogP contribution in [0.5, 0.6) is 0 Å². The summed E-state index contributed by atoms with van der Waals surface area (Å²) in [5, 5.41) is 0. The predicted octanol–water partition coefficient (Wildman–Crippen LogP) is 2.86. The van der Waals surface area contributed by atoms with E-state index >= 15 is 0 Å². The Hall–Kier alpha value is -2.67. The van der Waals surface area contributed by atoms with Crippen molar-refractivity contribution >= 4 is 21.7 Å². The molecular weight excluding hydrogens is 366 g/mol. The lowest BCUT2D eigenvalue weighted by molar-refractivity contribution is -0.140. The summed E-state index contributed by atoms with van der Waals surface area (Å²) in [6.45, 7) is 4.67. The fraction of sp³-hybridized carbons (Fsp3) is 0.300. The van der Waals surface area contributed by atoms with Gasteiger partial charge in [-0.3, -0.25) is 4.79 Å². The van der Waals surface area contributed by atoms with Crippen molar-refractivity contribution in [1.82, 2.24) is 4.90 Å². The third-order valence-electron chi connectivity index (χ3n) is 4.12. The quantitative estimate of drug-likeness (QED) is 0.680. The van der Waals surface area contributed by atoms with Crippen LogP contribution in [0.1, 0.15) is 35.9 Å². The SMILES string of the molecule is CCN(CC)C(=O)[C@@H](OC(=O)c1cccc(S(C)(=O)=O)c1)c1ccccc1. The number of hydrogen-bond acceptors (Lipinski definition) is 5. The van der Waals surface area contributed by atoms with Gasteiger partial charge < -0.3 is 9.64 Å². The molecule has 0 aliphatic carbocycles. The summed E-state index contributed by atoms with van der Waals surface area (Å²) in [7, 11) is -3.46. The Morgan fingerprint density at radius 2 is 1.63 bits per heavy atom. The molecule has 0 aliphatic rings. The number of esters is 1. The molecule has 0 aromatic heterocycles. The molecule has 7 heteroatoms. The first kappa shape index (κ1) is 20.6. The third kappa shape index (κ3) is 5.17. The molecule has 0 radical (unpaired) electrons. The molecule has 0 unspecified atom stereocenters. The number of hydrogen-bond donors (Lipinski definition) is 0. The number of rotatable bonds is 7. The zero-order chi connectivity index (χ0) is 20.0. The van der Waals surface area contributed by atoms with Gasteiger partial charge in [0.2, 0.25) is 6.10 Å². The highest BCUT2D eigenvalue weighted by atomic mass is 32.2. The van der Waals surface area contributed by atoms with E-state index in [0.717, 1.165) is 6.26 Å². The monoisotopic (exact) mass is 389 g/mol. The van der Waals surface area contributed by atoms with Gasteiger partial charge in [-0.05, 0) is 32.0 Å². The molecule has 27 heavy (non-hydrogen) atoms.